The highest BCUT2D eigenvalue weighted by Gasteiger charge is 2.18. The predicted molar refractivity (Wildman–Crippen MR) is 88.8 cm³/mol. The second-order valence-electron chi connectivity index (χ2n) is 5.40. The number of hydrogen-bond acceptors (Lipinski definition) is 4. The SMILES string of the molecule is O=C(Cn1c(-c2ccccc2)noc1=O)c1c[nH]c2ccccc12. The summed E-state index contributed by atoms with van der Waals surface area (Å²) in [5, 5.41) is 4.63. The fourth-order valence-corrected chi connectivity index (χ4v) is 2.73. The maximum Gasteiger partial charge on any atom is 0.442 e. The van der Waals surface area contributed by atoms with Crippen LogP contribution in [-0.2, 0) is 6.54 Å². The third-order valence-electron chi connectivity index (χ3n) is 3.91. The lowest BCUT2D eigenvalue weighted by Gasteiger charge is -2.03. The number of benzene rings is 2. The molecule has 0 atom stereocenters. The van der Waals surface area contributed by atoms with Gasteiger partial charge in [-0.15, -0.1) is 0 Å². The van der Waals surface area contributed by atoms with E-state index in [0.29, 0.717) is 11.4 Å². The number of para-hydroxylation sites is 1. The van der Waals surface area contributed by atoms with Gasteiger partial charge in [-0.2, -0.15) is 0 Å². The zero-order valence-corrected chi connectivity index (χ0v) is 12.6. The molecule has 0 unspecified atom stereocenters. The third kappa shape index (κ3) is 2.34. The largest absolute Gasteiger partial charge is 0.442 e. The van der Waals surface area contributed by atoms with Crippen molar-refractivity contribution in [3.05, 3.63) is 76.9 Å². The second kappa shape index (κ2) is 5.66. The lowest BCUT2D eigenvalue weighted by atomic mass is 10.1. The molecule has 0 saturated carbocycles. The van der Waals surface area contributed by atoms with Gasteiger partial charge in [0.1, 0.15) is 0 Å². The summed E-state index contributed by atoms with van der Waals surface area (Å²) < 4.78 is 6.00. The van der Waals surface area contributed by atoms with Gasteiger partial charge in [0.2, 0.25) is 0 Å². The molecule has 0 bridgehead atoms. The number of fused-ring (bicyclic) bond motifs is 1. The molecule has 0 spiro atoms. The fraction of sp³-hybridized carbons (Fsp3) is 0.0556. The van der Waals surface area contributed by atoms with Gasteiger partial charge in [0.05, 0.1) is 6.54 Å². The van der Waals surface area contributed by atoms with Crippen LogP contribution < -0.4 is 5.76 Å². The smallest absolute Gasteiger partial charge is 0.360 e. The lowest BCUT2D eigenvalue weighted by molar-refractivity contribution is 0.0971. The molecule has 0 aliphatic rings. The van der Waals surface area contributed by atoms with Crippen LogP contribution in [-0.4, -0.2) is 20.5 Å². The first-order valence-electron chi connectivity index (χ1n) is 7.45. The molecule has 24 heavy (non-hydrogen) atoms. The van der Waals surface area contributed by atoms with Crippen LogP contribution in [0.25, 0.3) is 22.3 Å². The van der Waals surface area contributed by atoms with Gasteiger partial charge in [0.15, 0.2) is 11.6 Å². The molecule has 1 N–H and O–H groups in total. The van der Waals surface area contributed by atoms with Crippen molar-refractivity contribution < 1.29 is 9.32 Å². The van der Waals surface area contributed by atoms with Crippen molar-refractivity contribution in [3.8, 4) is 11.4 Å². The van der Waals surface area contributed by atoms with E-state index in [1.54, 1.807) is 6.20 Å². The Balaban J connectivity index is 1.73. The summed E-state index contributed by atoms with van der Waals surface area (Å²) in [6.07, 6.45) is 1.66. The van der Waals surface area contributed by atoms with E-state index in [1.165, 1.54) is 4.57 Å². The van der Waals surface area contributed by atoms with E-state index >= 15 is 0 Å². The van der Waals surface area contributed by atoms with Crippen LogP contribution in [0, 0.1) is 0 Å². The summed E-state index contributed by atoms with van der Waals surface area (Å²) >= 11 is 0. The van der Waals surface area contributed by atoms with Crippen LogP contribution in [0.4, 0.5) is 0 Å². The second-order valence-corrected chi connectivity index (χ2v) is 5.40. The average molecular weight is 319 g/mol. The number of aromatic amines is 1. The number of ketones is 1. The molecule has 4 aromatic rings. The van der Waals surface area contributed by atoms with Gasteiger partial charge in [-0.1, -0.05) is 53.7 Å². The monoisotopic (exact) mass is 319 g/mol. The molecule has 0 fully saturated rings. The van der Waals surface area contributed by atoms with E-state index in [9.17, 15) is 9.59 Å². The van der Waals surface area contributed by atoms with Gasteiger partial charge in [0, 0.05) is 28.2 Å². The molecule has 0 radical (unpaired) electrons. The number of nitrogens with zero attached hydrogens (tertiary/aromatic N) is 2. The standard InChI is InChI=1S/C18H13N3O3/c22-16(14-10-19-15-9-5-4-8-13(14)15)11-21-17(20-24-18(21)23)12-6-2-1-3-7-12/h1-10,19H,11H2. The summed E-state index contributed by atoms with van der Waals surface area (Å²) in [7, 11) is 0. The minimum Gasteiger partial charge on any atom is -0.360 e. The number of hydrogen-bond donors (Lipinski definition) is 1. The van der Waals surface area contributed by atoms with E-state index in [1.807, 2.05) is 54.6 Å². The van der Waals surface area contributed by atoms with Crippen LogP contribution in [0.3, 0.4) is 0 Å². The topological polar surface area (TPSA) is 80.9 Å². The van der Waals surface area contributed by atoms with E-state index in [2.05, 4.69) is 10.1 Å². The molecule has 0 saturated heterocycles. The minimum absolute atomic E-state index is 0.131. The van der Waals surface area contributed by atoms with Gasteiger partial charge in [-0.25, -0.2) is 9.36 Å². The lowest BCUT2D eigenvalue weighted by Crippen LogP contribution is -2.21. The number of rotatable bonds is 4. The molecule has 2 aromatic heterocycles. The van der Waals surface area contributed by atoms with Crippen molar-refractivity contribution in [1.82, 2.24) is 14.7 Å². The van der Waals surface area contributed by atoms with Crippen LogP contribution in [0.1, 0.15) is 10.4 Å². The van der Waals surface area contributed by atoms with Crippen molar-refractivity contribution in [3.63, 3.8) is 0 Å². The van der Waals surface area contributed by atoms with Gasteiger partial charge in [-0.05, 0) is 6.07 Å². The van der Waals surface area contributed by atoms with E-state index in [4.69, 9.17) is 4.52 Å². The Morgan fingerprint density at radius 3 is 2.67 bits per heavy atom. The van der Waals surface area contributed by atoms with Crippen LogP contribution in [0.15, 0.2) is 70.1 Å². The third-order valence-corrected chi connectivity index (χ3v) is 3.91. The molecule has 6 nitrogen and oxygen atoms in total. The normalized spacial score (nSPS) is 11.0. The molecule has 2 heterocycles. The number of Topliss-reactive ketones (excluding diaryl/α,β-unsaturated/α-hetero) is 1. The number of nitrogens with one attached hydrogen (secondary N) is 1. The number of carbonyl (C=O) groups is 1. The highest BCUT2D eigenvalue weighted by Crippen LogP contribution is 2.20. The van der Waals surface area contributed by atoms with E-state index < -0.39 is 5.76 Å². The summed E-state index contributed by atoms with van der Waals surface area (Å²) in [4.78, 5) is 27.7. The van der Waals surface area contributed by atoms with Crippen molar-refractivity contribution in [2.45, 2.75) is 6.54 Å². The van der Waals surface area contributed by atoms with Crippen molar-refractivity contribution >= 4 is 16.7 Å². The molecule has 0 aliphatic heterocycles. The summed E-state index contributed by atoms with van der Waals surface area (Å²) in [6.45, 7) is -0.131. The molecule has 0 amide bonds. The van der Waals surface area contributed by atoms with Crippen molar-refractivity contribution in [1.29, 1.82) is 0 Å². The van der Waals surface area contributed by atoms with E-state index in [-0.39, 0.29) is 12.3 Å². The highest BCUT2D eigenvalue weighted by molar-refractivity contribution is 6.07. The molecule has 2 aromatic carbocycles. The van der Waals surface area contributed by atoms with Gasteiger partial charge in [-0.3, -0.25) is 9.32 Å². The Morgan fingerprint density at radius 1 is 1.08 bits per heavy atom. The molecule has 118 valence electrons. The molecule has 4 rings (SSSR count). The summed E-state index contributed by atoms with van der Waals surface area (Å²) in [5.41, 5.74) is 2.13. The Kier molecular flexibility index (Phi) is 3.35. The Morgan fingerprint density at radius 2 is 1.83 bits per heavy atom. The highest BCUT2D eigenvalue weighted by atomic mass is 16.5. The van der Waals surface area contributed by atoms with Gasteiger partial charge in [0.25, 0.3) is 0 Å². The Labute approximate surface area is 136 Å². The fourth-order valence-electron chi connectivity index (χ4n) is 2.73. The zero-order valence-electron chi connectivity index (χ0n) is 12.6. The average Bonchev–Trinajstić information content (AvgIpc) is 3.20. The first-order chi connectivity index (χ1) is 11.7. The van der Waals surface area contributed by atoms with Crippen LogP contribution in [0.5, 0.6) is 0 Å². The van der Waals surface area contributed by atoms with Crippen LogP contribution in [0.2, 0.25) is 0 Å². The zero-order chi connectivity index (χ0) is 16.5. The number of H-pyrrole nitrogens is 1. The summed E-state index contributed by atoms with van der Waals surface area (Å²) in [5.74, 6) is -0.495. The first-order valence-corrected chi connectivity index (χ1v) is 7.45. The van der Waals surface area contributed by atoms with Gasteiger partial charge >= 0.3 is 5.76 Å². The molecule has 0 aliphatic carbocycles. The Hall–Kier alpha value is -3.41. The number of aromatic nitrogens is 3. The maximum atomic E-state index is 12.7. The maximum absolute atomic E-state index is 12.7. The van der Waals surface area contributed by atoms with Crippen molar-refractivity contribution in [2.24, 2.45) is 0 Å². The van der Waals surface area contributed by atoms with Gasteiger partial charge < -0.3 is 4.98 Å². The van der Waals surface area contributed by atoms with E-state index in [0.717, 1.165) is 16.5 Å². The molecule has 6 heteroatoms. The van der Waals surface area contributed by atoms with Crippen molar-refractivity contribution in [2.75, 3.05) is 0 Å². The Bertz CT molecular complexity index is 1070. The first kappa shape index (κ1) is 14.2. The number of carbonyl (C=O) groups excluding carboxylic acids is 1. The summed E-state index contributed by atoms with van der Waals surface area (Å²) in [6, 6.07) is 16.7. The van der Waals surface area contributed by atoms with Crippen LogP contribution >= 0.6 is 0 Å². The quantitative estimate of drug-likeness (QED) is 0.586. The molecular weight excluding hydrogens is 306 g/mol. The molecular formula is C18H13N3O3. The minimum atomic E-state index is -0.651. The predicted octanol–water partition coefficient (Wildman–Crippen LogP) is 2.87.